The lowest BCUT2D eigenvalue weighted by molar-refractivity contribution is 0.146. The molecular weight excluding hydrogens is 479 g/mol. The molecule has 0 fully saturated rings. The summed E-state index contributed by atoms with van der Waals surface area (Å²) in [6.45, 7) is 7.54. The minimum atomic E-state index is -3.35. The van der Waals surface area contributed by atoms with Gasteiger partial charge in [-0.25, -0.2) is 8.42 Å². The summed E-state index contributed by atoms with van der Waals surface area (Å²) >= 11 is 0. The van der Waals surface area contributed by atoms with Gasteiger partial charge in [-0.3, -0.25) is 9.30 Å². The number of anilines is 1. The van der Waals surface area contributed by atoms with Gasteiger partial charge in [0.1, 0.15) is 0 Å². The molecule has 1 heterocycles. The smallest absolute Gasteiger partial charge is 0.236 e. The lowest BCUT2D eigenvalue weighted by atomic mass is 10.2. The maximum Gasteiger partial charge on any atom is 0.236 e. The fourth-order valence-corrected chi connectivity index (χ4v) is 4.28. The fourth-order valence-electron chi connectivity index (χ4n) is 2.85. The molecule has 0 atom stereocenters. The minimum Gasteiger partial charge on any atom is -0.382 e. The summed E-state index contributed by atoms with van der Waals surface area (Å²) in [4.78, 5) is 4.44. The molecule has 0 unspecified atom stereocenters. The zero-order chi connectivity index (χ0) is 18.8. The number of benzene rings is 1. The highest BCUT2D eigenvalue weighted by Crippen LogP contribution is 2.29. The van der Waals surface area contributed by atoms with Crippen molar-refractivity contribution in [3.8, 4) is 0 Å². The van der Waals surface area contributed by atoms with E-state index in [4.69, 9.17) is 4.74 Å². The Morgan fingerprint density at radius 1 is 1.26 bits per heavy atom. The highest BCUT2D eigenvalue weighted by Gasteiger charge is 2.28. The Kier molecular flexibility index (Phi) is 11.0. The Bertz CT molecular complexity index is 698. The SMILES string of the molecule is CCNC(=NCCCOCC)NCCS(=O)(=O)N1CCc2ccccc21.I. The molecule has 0 amide bonds. The topological polar surface area (TPSA) is 83.0 Å². The van der Waals surface area contributed by atoms with E-state index in [1.807, 2.05) is 38.1 Å². The van der Waals surface area contributed by atoms with Crippen LogP contribution in [0.1, 0.15) is 25.8 Å². The van der Waals surface area contributed by atoms with Crippen LogP contribution in [0, 0.1) is 0 Å². The van der Waals surface area contributed by atoms with Crippen LogP contribution in [0.2, 0.25) is 0 Å². The van der Waals surface area contributed by atoms with Crippen molar-refractivity contribution in [2.75, 3.05) is 49.5 Å². The van der Waals surface area contributed by atoms with E-state index in [1.165, 1.54) is 4.31 Å². The zero-order valence-electron chi connectivity index (χ0n) is 16.1. The number of ether oxygens (including phenoxy) is 1. The monoisotopic (exact) mass is 510 g/mol. The number of aliphatic imine (C=N–C) groups is 1. The summed E-state index contributed by atoms with van der Waals surface area (Å²) < 4.78 is 32.2. The predicted octanol–water partition coefficient (Wildman–Crippen LogP) is 1.98. The van der Waals surface area contributed by atoms with Gasteiger partial charge in [0, 0.05) is 39.4 Å². The molecule has 0 radical (unpaired) electrons. The summed E-state index contributed by atoms with van der Waals surface area (Å²) in [6.07, 6.45) is 1.61. The van der Waals surface area contributed by atoms with Crippen molar-refractivity contribution < 1.29 is 13.2 Å². The molecule has 0 aliphatic carbocycles. The van der Waals surface area contributed by atoms with Crippen LogP contribution in [0.4, 0.5) is 5.69 Å². The number of nitrogens with zero attached hydrogens (tertiary/aromatic N) is 2. The van der Waals surface area contributed by atoms with Crippen LogP contribution in [-0.2, 0) is 21.2 Å². The van der Waals surface area contributed by atoms with Crippen molar-refractivity contribution in [2.24, 2.45) is 4.99 Å². The van der Waals surface area contributed by atoms with Crippen molar-refractivity contribution in [1.82, 2.24) is 10.6 Å². The molecular formula is C18H31IN4O3S. The van der Waals surface area contributed by atoms with Crippen molar-refractivity contribution in [1.29, 1.82) is 0 Å². The quantitative estimate of drug-likeness (QED) is 0.218. The number of halogens is 1. The second-order valence-corrected chi connectivity index (χ2v) is 8.02. The van der Waals surface area contributed by atoms with Crippen LogP contribution in [0.3, 0.4) is 0 Å². The Hall–Kier alpha value is -1.07. The molecule has 2 rings (SSSR count). The Balaban J connectivity index is 0.00000364. The third-order valence-electron chi connectivity index (χ3n) is 4.10. The van der Waals surface area contributed by atoms with Gasteiger partial charge in [-0.2, -0.15) is 0 Å². The highest BCUT2D eigenvalue weighted by molar-refractivity contribution is 14.0. The molecule has 0 spiro atoms. The Morgan fingerprint density at radius 3 is 2.78 bits per heavy atom. The van der Waals surface area contributed by atoms with Gasteiger partial charge in [0.15, 0.2) is 5.96 Å². The maximum absolute atomic E-state index is 12.7. The molecule has 0 bridgehead atoms. The van der Waals surface area contributed by atoms with Crippen LogP contribution in [0.15, 0.2) is 29.3 Å². The largest absolute Gasteiger partial charge is 0.382 e. The van der Waals surface area contributed by atoms with Crippen LogP contribution in [0.25, 0.3) is 0 Å². The standard InChI is InChI=1S/C18H30N4O3S.HI/c1-3-19-18(20-11-7-14-25-4-2)21-12-15-26(23,24)22-13-10-16-8-5-6-9-17(16)22;/h5-6,8-9H,3-4,7,10-15H2,1-2H3,(H2,19,20,21);1H. The van der Waals surface area contributed by atoms with Gasteiger partial charge in [-0.05, 0) is 38.3 Å². The number of hydrogen-bond donors (Lipinski definition) is 2. The molecule has 1 aliphatic rings. The van der Waals surface area contributed by atoms with E-state index in [9.17, 15) is 8.42 Å². The average molecular weight is 510 g/mol. The predicted molar refractivity (Wildman–Crippen MR) is 122 cm³/mol. The minimum absolute atomic E-state index is 0. The van der Waals surface area contributed by atoms with Gasteiger partial charge in [-0.15, -0.1) is 24.0 Å². The van der Waals surface area contributed by atoms with Crippen molar-refractivity contribution >= 4 is 45.6 Å². The van der Waals surface area contributed by atoms with E-state index in [1.54, 1.807) is 0 Å². The zero-order valence-corrected chi connectivity index (χ0v) is 19.3. The number of para-hydroxylation sites is 1. The third-order valence-corrected chi connectivity index (χ3v) is 5.87. The highest BCUT2D eigenvalue weighted by atomic mass is 127. The van der Waals surface area contributed by atoms with E-state index >= 15 is 0 Å². The first kappa shape index (κ1) is 24.0. The molecule has 2 N–H and O–H groups in total. The van der Waals surface area contributed by atoms with Crippen molar-refractivity contribution in [3.63, 3.8) is 0 Å². The first-order valence-corrected chi connectivity index (χ1v) is 10.9. The van der Waals surface area contributed by atoms with Gasteiger partial charge in [0.2, 0.25) is 10.0 Å². The lowest BCUT2D eigenvalue weighted by Gasteiger charge is -2.20. The van der Waals surface area contributed by atoms with Gasteiger partial charge >= 0.3 is 0 Å². The fraction of sp³-hybridized carbons (Fsp3) is 0.611. The third kappa shape index (κ3) is 7.46. The molecule has 0 saturated heterocycles. The van der Waals surface area contributed by atoms with Gasteiger partial charge in [0.25, 0.3) is 0 Å². The number of guanidine groups is 1. The summed E-state index contributed by atoms with van der Waals surface area (Å²) in [5, 5.41) is 6.24. The second kappa shape index (κ2) is 12.4. The summed E-state index contributed by atoms with van der Waals surface area (Å²) in [7, 11) is -3.35. The second-order valence-electron chi connectivity index (χ2n) is 6.00. The van der Waals surface area contributed by atoms with Gasteiger partial charge in [0.05, 0.1) is 11.4 Å². The number of hydrogen-bond acceptors (Lipinski definition) is 4. The molecule has 7 nitrogen and oxygen atoms in total. The summed E-state index contributed by atoms with van der Waals surface area (Å²) in [6, 6.07) is 7.68. The van der Waals surface area contributed by atoms with Crippen LogP contribution < -0.4 is 14.9 Å². The molecule has 1 aliphatic heterocycles. The average Bonchev–Trinajstić information content (AvgIpc) is 3.06. The van der Waals surface area contributed by atoms with E-state index in [2.05, 4.69) is 15.6 Å². The van der Waals surface area contributed by atoms with Gasteiger partial charge in [-0.1, -0.05) is 18.2 Å². The molecule has 9 heteroatoms. The van der Waals surface area contributed by atoms with E-state index < -0.39 is 10.0 Å². The Morgan fingerprint density at radius 2 is 2.04 bits per heavy atom. The Labute approximate surface area is 180 Å². The molecule has 0 aromatic heterocycles. The molecule has 1 aromatic rings. The number of rotatable bonds is 10. The molecule has 154 valence electrons. The summed E-state index contributed by atoms with van der Waals surface area (Å²) in [5.41, 5.74) is 1.90. The van der Waals surface area contributed by atoms with Crippen LogP contribution >= 0.6 is 24.0 Å². The normalized spacial score (nSPS) is 13.9. The number of fused-ring (bicyclic) bond motifs is 1. The number of nitrogens with one attached hydrogen (secondary N) is 2. The van der Waals surface area contributed by atoms with E-state index in [-0.39, 0.29) is 29.7 Å². The van der Waals surface area contributed by atoms with Crippen molar-refractivity contribution in [2.45, 2.75) is 26.7 Å². The molecule has 0 saturated carbocycles. The summed E-state index contributed by atoms with van der Waals surface area (Å²) in [5.74, 6) is 0.672. The lowest BCUT2D eigenvalue weighted by Crippen LogP contribution is -2.42. The first-order valence-electron chi connectivity index (χ1n) is 9.26. The number of sulfonamides is 1. The van der Waals surface area contributed by atoms with Crippen molar-refractivity contribution in [3.05, 3.63) is 29.8 Å². The van der Waals surface area contributed by atoms with Crippen LogP contribution in [-0.4, -0.2) is 59.5 Å². The first-order chi connectivity index (χ1) is 12.6. The van der Waals surface area contributed by atoms with Gasteiger partial charge < -0.3 is 15.4 Å². The van der Waals surface area contributed by atoms with E-state index in [0.717, 1.165) is 30.6 Å². The van der Waals surface area contributed by atoms with Crippen LogP contribution in [0.5, 0.6) is 0 Å². The van der Waals surface area contributed by atoms with E-state index in [0.29, 0.717) is 38.8 Å². The maximum atomic E-state index is 12.7. The molecule has 27 heavy (non-hydrogen) atoms. The molecule has 1 aromatic carbocycles.